The van der Waals surface area contributed by atoms with Crippen LogP contribution < -0.4 is 5.32 Å². The number of amides is 2. The molecule has 9 heteroatoms. The zero-order chi connectivity index (χ0) is 27.9. The molecule has 0 unspecified atom stereocenters. The Morgan fingerprint density at radius 2 is 1.55 bits per heavy atom. The maximum Gasteiger partial charge on any atom is 0.364 e. The van der Waals surface area contributed by atoms with Crippen LogP contribution in [0.1, 0.15) is 21.5 Å². The molecule has 5 aromatic rings. The molecule has 4 aromatic carbocycles. The van der Waals surface area contributed by atoms with Gasteiger partial charge in [0.25, 0.3) is 0 Å². The van der Waals surface area contributed by atoms with E-state index >= 15 is 0 Å². The fraction of sp³-hybridized carbons (Fsp3) is 0.0968. The number of aromatic hydroxyl groups is 1. The van der Waals surface area contributed by atoms with Gasteiger partial charge in [0.1, 0.15) is 0 Å². The van der Waals surface area contributed by atoms with Gasteiger partial charge in [-0.25, -0.2) is 9.59 Å². The van der Waals surface area contributed by atoms with Crippen LogP contribution in [0, 0.1) is 0 Å². The van der Waals surface area contributed by atoms with E-state index < -0.39 is 12.0 Å². The van der Waals surface area contributed by atoms with Crippen LogP contribution >= 0.6 is 11.8 Å². The lowest BCUT2D eigenvalue weighted by Crippen LogP contribution is -2.04. The third kappa shape index (κ3) is 6.39. The SMILES string of the molecule is O=C(N=Nc1c(O)n(Cc2ccccc2)c2ccc(SCCc3ccc(C(=O)O)cc3)cc12)Nc1ccccc1. The normalized spacial score (nSPS) is 11.2. The fourth-order valence-electron chi connectivity index (χ4n) is 4.28. The van der Waals surface area contributed by atoms with Gasteiger partial charge in [0.15, 0.2) is 5.69 Å². The molecule has 0 aliphatic rings. The van der Waals surface area contributed by atoms with Crippen molar-refractivity contribution in [2.75, 3.05) is 11.1 Å². The summed E-state index contributed by atoms with van der Waals surface area (Å²) in [5.41, 5.74) is 3.91. The van der Waals surface area contributed by atoms with Crippen LogP contribution in [0.4, 0.5) is 16.2 Å². The molecule has 1 aromatic heterocycles. The lowest BCUT2D eigenvalue weighted by Gasteiger charge is -2.08. The average Bonchev–Trinajstić information content (AvgIpc) is 3.22. The molecule has 2 amide bonds. The Morgan fingerprint density at radius 3 is 2.25 bits per heavy atom. The first-order valence-electron chi connectivity index (χ1n) is 12.6. The number of carboxylic acids is 1. The number of carbonyl (C=O) groups is 2. The van der Waals surface area contributed by atoms with Crippen molar-refractivity contribution in [3.63, 3.8) is 0 Å². The highest BCUT2D eigenvalue weighted by molar-refractivity contribution is 7.99. The van der Waals surface area contributed by atoms with E-state index in [1.807, 2.05) is 66.7 Å². The van der Waals surface area contributed by atoms with E-state index in [1.54, 1.807) is 52.7 Å². The number of hydrogen-bond donors (Lipinski definition) is 3. The number of thioether (sulfide) groups is 1. The molecule has 5 rings (SSSR count). The minimum absolute atomic E-state index is 0.0733. The Morgan fingerprint density at radius 1 is 0.850 bits per heavy atom. The van der Waals surface area contributed by atoms with Crippen LogP contribution in [-0.2, 0) is 13.0 Å². The van der Waals surface area contributed by atoms with Gasteiger partial charge in [0.2, 0.25) is 5.88 Å². The molecular formula is C31H26N4O4S. The van der Waals surface area contributed by atoms with Crippen LogP contribution in [0.2, 0.25) is 0 Å². The number of rotatable bonds is 9. The molecule has 200 valence electrons. The summed E-state index contributed by atoms with van der Waals surface area (Å²) in [4.78, 5) is 24.5. The van der Waals surface area contributed by atoms with Gasteiger partial charge in [0.05, 0.1) is 17.6 Å². The van der Waals surface area contributed by atoms with Gasteiger partial charge in [-0.1, -0.05) is 65.8 Å². The maximum atomic E-state index is 12.4. The molecule has 0 aliphatic heterocycles. The second-order valence-electron chi connectivity index (χ2n) is 9.02. The zero-order valence-corrected chi connectivity index (χ0v) is 22.2. The summed E-state index contributed by atoms with van der Waals surface area (Å²) in [6.45, 7) is 0.424. The van der Waals surface area contributed by atoms with Gasteiger partial charge in [-0.2, -0.15) is 0 Å². The topological polar surface area (TPSA) is 116 Å². The molecule has 0 saturated carbocycles. The predicted molar refractivity (Wildman–Crippen MR) is 157 cm³/mol. The van der Waals surface area contributed by atoms with Crippen molar-refractivity contribution in [3.05, 3.63) is 120 Å². The third-order valence-electron chi connectivity index (χ3n) is 6.29. The predicted octanol–water partition coefficient (Wildman–Crippen LogP) is 7.74. The van der Waals surface area contributed by atoms with Crippen molar-refractivity contribution in [2.45, 2.75) is 17.9 Å². The van der Waals surface area contributed by atoms with Crippen LogP contribution in [0.5, 0.6) is 5.88 Å². The first-order valence-corrected chi connectivity index (χ1v) is 13.6. The number of aromatic nitrogens is 1. The van der Waals surface area contributed by atoms with E-state index in [9.17, 15) is 14.7 Å². The highest BCUT2D eigenvalue weighted by Gasteiger charge is 2.18. The number of anilines is 1. The number of hydrogen-bond acceptors (Lipinski definition) is 5. The molecule has 0 aliphatic carbocycles. The molecule has 3 N–H and O–H groups in total. The number of nitrogens with zero attached hydrogens (tertiary/aromatic N) is 3. The van der Waals surface area contributed by atoms with Crippen molar-refractivity contribution < 1.29 is 19.8 Å². The van der Waals surface area contributed by atoms with Crippen molar-refractivity contribution in [1.29, 1.82) is 0 Å². The second-order valence-corrected chi connectivity index (χ2v) is 10.2. The fourth-order valence-corrected chi connectivity index (χ4v) is 5.22. The standard InChI is InChI=1S/C31H26N4O4S/c36-29-28(33-34-31(39)32-24-9-5-2-6-10-24)26-19-25(40-18-17-21-11-13-23(14-12-21)30(37)38)15-16-27(26)35(29)20-22-7-3-1-4-8-22/h1-16,19,36H,17-18,20H2,(H,32,39)(H,37,38). The number of urea groups is 1. The van der Waals surface area contributed by atoms with Gasteiger partial charge < -0.3 is 20.1 Å². The molecule has 0 atom stereocenters. The van der Waals surface area contributed by atoms with Gasteiger partial charge in [0, 0.05) is 21.7 Å². The Bertz CT molecular complexity index is 1670. The largest absolute Gasteiger partial charge is 0.493 e. The first kappa shape index (κ1) is 26.7. The van der Waals surface area contributed by atoms with E-state index in [2.05, 4.69) is 15.5 Å². The number of para-hydroxylation sites is 1. The first-order chi connectivity index (χ1) is 19.5. The van der Waals surface area contributed by atoms with Crippen LogP contribution in [0.15, 0.2) is 118 Å². The summed E-state index contributed by atoms with van der Waals surface area (Å²) in [6, 6.07) is 30.8. The molecule has 0 spiro atoms. The molecule has 1 heterocycles. The minimum Gasteiger partial charge on any atom is -0.493 e. The summed E-state index contributed by atoms with van der Waals surface area (Å²) in [5.74, 6) is -0.247. The molecular weight excluding hydrogens is 524 g/mol. The summed E-state index contributed by atoms with van der Waals surface area (Å²) in [5, 5.41) is 31.6. The van der Waals surface area contributed by atoms with E-state index in [0.717, 1.165) is 33.7 Å². The highest BCUT2D eigenvalue weighted by atomic mass is 32.2. The molecule has 0 radical (unpaired) electrons. The summed E-state index contributed by atoms with van der Waals surface area (Å²) in [7, 11) is 0. The smallest absolute Gasteiger partial charge is 0.364 e. The van der Waals surface area contributed by atoms with Gasteiger partial charge in [-0.05, 0) is 60.0 Å². The van der Waals surface area contributed by atoms with E-state index in [-0.39, 0.29) is 17.1 Å². The van der Waals surface area contributed by atoms with Crippen LogP contribution in [0.25, 0.3) is 10.9 Å². The molecule has 0 saturated heterocycles. The van der Waals surface area contributed by atoms with E-state index in [1.165, 1.54) is 0 Å². The number of aryl methyl sites for hydroxylation is 1. The quantitative estimate of drug-likeness (QED) is 0.128. The van der Waals surface area contributed by atoms with Gasteiger partial charge in [-0.15, -0.1) is 16.9 Å². The summed E-state index contributed by atoms with van der Waals surface area (Å²) in [6.07, 6.45) is 0.759. The minimum atomic E-state index is -0.942. The lowest BCUT2D eigenvalue weighted by molar-refractivity contribution is 0.0697. The number of fused-ring (bicyclic) bond motifs is 1. The Kier molecular flexibility index (Phi) is 8.22. The Balaban J connectivity index is 1.39. The van der Waals surface area contributed by atoms with Crippen molar-refractivity contribution in [1.82, 2.24) is 4.57 Å². The number of aromatic carboxylic acids is 1. The average molecular weight is 551 g/mol. The Hall–Kier alpha value is -4.89. The lowest BCUT2D eigenvalue weighted by atomic mass is 10.1. The zero-order valence-electron chi connectivity index (χ0n) is 21.4. The monoisotopic (exact) mass is 550 g/mol. The summed E-state index contributed by atoms with van der Waals surface area (Å²) < 4.78 is 1.76. The Labute approximate surface area is 235 Å². The van der Waals surface area contributed by atoms with Crippen molar-refractivity contribution in [2.24, 2.45) is 10.2 Å². The van der Waals surface area contributed by atoms with Gasteiger partial charge in [-0.3, -0.25) is 0 Å². The number of azo groups is 1. The molecule has 0 bridgehead atoms. The van der Waals surface area contributed by atoms with Crippen LogP contribution in [-0.4, -0.2) is 32.5 Å². The van der Waals surface area contributed by atoms with Gasteiger partial charge >= 0.3 is 12.0 Å². The number of benzene rings is 4. The number of nitrogens with one attached hydrogen (secondary N) is 1. The molecule has 8 nitrogen and oxygen atoms in total. The highest BCUT2D eigenvalue weighted by Crippen LogP contribution is 2.41. The second kappa shape index (κ2) is 12.3. The third-order valence-corrected chi connectivity index (χ3v) is 7.29. The number of carboxylic acid groups (broad SMARTS) is 1. The van der Waals surface area contributed by atoms with Crippen molar-refractivity contribution >= 4 is 46.0 Å². The van der Waals surface area contributed by atoms with E-state index in [0.29, 0.717) is 17.6 Å². The van der Waals surface area contributed by atoms with E-state index in [4.69, 9.17) is 5.11 Å². The van der Waals surface area contributed by atoms with Crippen molar-refractivity contribution in [3.8, 4) is 5.88 Å². The van der Waals surface area contributed by atoms with Crippen LogP contribution in [0.3, 0.4) is 0 Å². The number of carbonyl (C=O) groups excluding carboxylic acids is 1. The maximum absolute atomic E-state index is 12.4. The summed E-state index contributed by atoms with van der Waals surface area (Å²) >= 11 is 1.64. The molecule has 0 fully saturated rings. The molecule has 40 heavy (non-hydrogen) atoms.